The molecule has 0 atom stereocenters. The molecule has 12 heteroatoms. The standard InChI is InChI=1S/C22H25BBrN7O3/c1-14(27-17-3-5-18(33-2)6-4-17)28-22(31-7-9-34-10-8-31)29-21(25)30-26-13-15-11-16(24)12-19(23)20(15)32/h3-6,11-13,27,32H,1,7-10H2,2H3,(H3,25,28,29,30)/b26-13+. The molecule has 0 aliphatic carbocycles. The predicted molar refractivity (Wildman–Crippen MR) is 139 cm³/mol. The molecule has 0 unspecified atom stereocenters. The summed E-state index contributed by atoms with van der Waals surface area (Å²) in [5.74, 6) is 1.39. The van der Waals surface area contributed by atoms with Crippen LogP contribution >= 0.6 is 15.9 Å². The Morgan fingerprint density at radius 1 is 1.26 bits per heavy atom. The van der Waals surface area contributed by atoms with Crippen molar-refractivity contribution in [2.75, 3.05) is 38.7 Å². The Kier molecular flexibility index (Phi) is 8.94. The lowest BCUT2D eigenvalue weighted by atomic mass is 9.93. The highest BCUT2D eigenvalue weighted by molar-refractivity contribution is 9.10. The SMILES string of the molecule is [B]c1cc(Br)cc(/C=N/NC(N)=NC(=NC(=C)Nc2ccc(OC)cc2)N2CCOCC2)c1O. The summed E-state index contributed by atoms with van der Waals surface area (Å²) in [7, 11) is 7.36. The maximum atomic E-state index is 10.1. The van der Waals surface area contributed by atoms with E-state index in [9.17, 15) is 5.11 Å². The molecule has 2 aromatic rings. The van der Waals surface area contributed by atoms with Crippen LogP contribution in [0.3, 0.4) is 0 Å². The number of nitrogens with zero attached hydrogens (tertiary/aromatic N) is 4. The van der Waals surface area contributed by atoms with Crippen LogP contribution in [0.2, 0.25) is 0 Å². The number of nitrogens with two attached hydrogens (primary N) is 1. The number of guanidine groups is 2. The number of benzene rings is 2. The number of phenolic OH excluding ortho intramolecular Hbond substituents is 1. The second-order valence-corrected chi connectivity index (χ2v) is 8.03. The van der Waals surface area contributed by atoms with Gasteiger partial charge in [-0.2, -0.15) is 15.1 Å². The average molecular weight is 526 g/mol. The van der Waals surface area contributed by atoms with Crippen molar-refractivity contribution in [2.45, 2.75) is 0 Å². The van der Waals surface area contributed by atoms with Gasteiger partial charge >= 0.3 is 0 Å². The van der Waals surface area contributed by atoms with Gasteiger partial charge in [-0.3, -0.25) is 0 Å². The number of rotatable bonds is 6. The second kappa shape index (κ2) is 12.1. The third-order valence-electron chi connectivity index (χ3n) is 4.64. The molecule has 3 rings (SSSR count). The molecule has 0 amide bonds. The second-order valence-electron chi connectivity index (χ2n) is 7.11. The number of halogens is 1. The van der Waals surface area contributed by atoms with E-state index in [2.05, 4.69) is 48.3 Å². The lowest BCUT2D eigenvalue weighted by Crippen LogP contribution is -2.42. The number of ether oxygens (including phenoxy) is 2. The van der Waals surface area contributed by atoms with Crippen molar-refractivity contribution in [1.82, 2.24) is 10.3 Å². The molecule has 0 aromatic heterocycles. The number of aliphatic imine (C=N–C) groups is 2. The van der Waals surface area contributed by atoms with Crippen LogP contribution < -0.4 is 26.7 Å². The van der Waals surface area contributed by atoms with Crippen molar-refractivity contribution >= 4 is 53.1 Å². The molecule has 2 aromatic carbocycles. The number of methoxy groups -OCH3 is 1. The fraction of sp³-hybridized carbons (Fsp3) is 0.227. The lowest BCUT2D eigenvalue weighted by molar-refractivity contribution is 0.0675. The summed E-state index contributed by atoms with van der Waals surface area (Å²) in [4.78, 5) is 10.8. The minimum absolute atomic E-state index is 0.00111. The molecule has 5 N–H and O–H groups in total. The maximum Gasteiger partial charge on any atom is 0.230 e. The molecule has 176 valence electrons. The normalized spacial score (nSPS) is 14.8. The summed E-state index contributed by atoms with van der Waals surface area (Å²) in [6.45, 7) is 6.25. The summed E-state index contributed by atoms with van der Waals surface area (Å²) >= 11 is 3.32. The molecule has 0 saturated carbocycles. The average Bonchev–Trinajstić information content (AvgIpc) is 2.82. The summed E-state index contributed by atoms with van der Waals surface area (Å²) < 4.78 is 11.3. The number of hydrazone groups is 1. The zero-order valence-electron chi connectivity index (χ0n) is 18.7. The van der Waals surface area contributed by atoms with E-state index in [1.54, 1.807) is 19.2 Å². The van der Waals surface area contributed by atoms with Crippen LogP contribution in [-0.2, 0) is 4.74 Å². The highest BCUT2D eigenvalue weighted by Gasteiger charge is 2.16. The zero-order valence-corrected chi connectivity index (χ0v) is 20.2. The third kappa shape index (κ3) is 7.25. The summed E-state index contributed by atoms with van der Waals surface area (Å²) in [5, 5.41) is 17.2. The molecule has 10 nitrogen and oxygen atoms in total. The van der Waals surface area contributed by atoms with Crippen LogP contribution in [0.4, 0.5) is 5.69 Å². The Bertz CT molecular complexity index is 1100. The topological polar surface area (TPSA) is 129 Å². The number of phenols is 1. The first-order valence-electron chi connectivity index (χ1n) is 10.3. The van der Waals surface area contributed by atoms with Gasteiger partial charge in [0.15, 0.2) is 0 Å². The van der Waals surface area contributed by atoms with Crippen LogP contribution in [0.15, 0.2) is 68.4 Å². The van der Waals surface area contributed by atoms with Crippen LogP contribution in [0, 0.1) is 0 Å². The third-order valence-corrected chi connectivity index (χ3v) is 5.10. The molecule has 1 aliphatic heterocycles. The molecule has 0 spiro atoms. The molecular formula is C22H25BBrN7O3. The number of nitrogens with one attached hydrogen (secondary N) is 2. The van der Waals surface area contributed by atoms with Crippen molar-refractivity contribution in [3.05, 3.63) is 58.8 Å². The minimum Gasteiger partial charge on any atom is -0.508 e. The summed E-state index contributed by atoms with van der Waals surface area (Å²) in [6, 6.07) is 10.6. The molecule has 34 heavy (non-hydrogen) atoms. The van der Waals surface area contributed by atoms with Gasteiger partial charge in [0.05, 0.1) is 26.5 Å². The molecule has 1 heterocycles. The van der Waals surface area contributed by atoms with Crippen molar-refractivity contribution in [1.29, 1.82) is 0 Å². The maximum absolute atomic E-state index is 10.1. The molecule has 2 radical (unpaired) electrons. The van der Waals surface area contributed by atoms with Crippen molar-refractivity contribution in [3.8, 4) is 11.5 Å². The van der Waals surface area contributed by atoms with E-state index in [4.69, 9.17) is 23.1 Å². The first-order chi connectivity index (χ1) is 16.4. The van der Waals surface area contributed by atoms with Gasteiger partial charge in [0.2, 0.25) is 11.9 Å². The van der Waals surface area contributed by atoms with Crippen LogP contribution in [0.1, 0.15) is 5.56 Å². The van der Waals surface area contributed by atoms with E-state index < -0.39 is 0 Å². The quantitative estimate of drug-likeness (QED) is 0.194. The molecule has 1 saturated heterocycles. The van der Waals surface area contributed by atoms with Gasteiger partial charge in [-0.05, 0) is 30.3 Å². The monoisotopic (exact) mass is 525 g/mol. The summed E-state index contributed by atoms with van der Waals surface area (Å²) in [6.07, 6.45) is 1.38. The van der Waals surface area contributed by atoms with Crippen molar-refractivity contribution < 1.29 is 14.6 Å². The van der Waals surface area contributed by atoms with Gasteiger partial charge in [0.1, 0.15) is 25.2 Å². The predicted octanol–water partition coefficient (Wildman–Crippen LogP) is 1.47. The largest absolute Gasteiger partial charge is 0.508 e. The van der Waals surface area contributed by atoms with Gasteiger partial charge in [-0.1, -0.05) is 34.0 Å². The molecule has 1 fully saturated rings. The zero-order chi connectivity index (χ0) is 24.5. The van der Waals surface area contributed by atoms with Crippen LogP contribution in [0.5, 0.6) is 11.5 Å². The number of anilines is 1. The number of hydrogen-bond acceptors (Lipinski definition) is 6. The van der Waals surface area contributed by atoms with E-state index in [1.807, 2.05) is 29.2 Å². The van der Waals surface area contributed by atoms with Crippen LogP contribution in [-0.4, -0.2) is 69.4 Å². The Balaban J connectivity index is 1.74. The van der Waals surface area contributed by atoms with Gasteiger partial charge < -0.3 is 30.5 Å². The Morgan fingerprint density at radius 2 is 1.97 bits per heavy atom. The van der Waals surface area contributed by atoms with Gasteiger partial charge in [0, 0.05) is 28.8 Å². The van der Waals surface area contributed by atoms with Gasteiger partial charge in [0.25, 0.3) is 0 Å². The Morgan fingerprint density at radius 3 is 2.65 bits per heavy atom. The number of aromatic hydroxyl groups is 1. The fourth-order valence-electron chi connectivity index (χ4n) is 2.96. The summed E-state index contributed by atoms with van der Waals surface area (Å²) in [5.41, 5.74) is 10.1. The van der Waals surface area contributed by atoms with E-state index in [0.29, 0.717) is 48.1 Å². The highest BCUT2D eigenvalue weighted by Crippen LogP contribution is 2.18. The molecular weight excluding hydrogens is 501 g/mol. The first kappa shape index (κ1) is 25.1. The van der Waals surface area contributed by atoms with Gasteiger partial charge in [-0.15, -0.1) is 0 Å². The van der Waals surface area contributed by atoms with Gasteiger partial charge in [-0.25, -0.2) is 5.43 Å². The van der Waals surface area contributed by atoms with E-state index in [0.717, 1.165) is 11.4 Å². The fourth-order valence-corrected chi connectivity index (χ4v) is 3.45. The molecule has 0 bridgehead atoms. The minimum atomic E-state index is -0.0827. The number of hydrogen-bond donors (Lipinski definition) is 4. The van der Waals surface area contributed by atoms with E-state index in [1.165, 1.54) is 6.21 Å². The van der Waals surface area contributed by atoms with E-state index >= 15 is 0 Å². The highest BCUT2D eigenvalue weighted by atomic mass is 79.9. The first-order valence-corrected chi connectivity index (χ1v) is 11.1. The lowest BCUT2D eigenvalue weighted by Gasteiger charge is -2.27. The Hall–Kier alpha value is -3.51. The van der Waals surface area contributed by atoms with E-state index in [-0.39, 0.29) is 17.2 Å². The van der Waals surface area contributed by atoms with Crippen molar-refractivity contribution in [2.24, 2.45) is 20.8 Å². The Labute approximate surface area is 207 Å². The number of morpholine rings is 1. The van der Waals surface area contributed by atoms with Crippen molar-refractivity contribution in [3.63, 3.8) is 0 Å². The smallest absolute Gasteiger partial charge is 0.230 e. The van der Waals surface area contributed by atoms with Crippen LogP contribution in [0.25, 0.3) is 0 Å². The molecule has 1 aliphatic rings.